The maximum absolute atomic E-state index is 12.4. The molecule has 0 saturated carbocycles. The fraction of sp³-hybridized carbons (Fsp3) is 0.125. The lowest BCUT2D eigenvalue weighted by Gasteiger charge is -2.10. The molecular weight excluding hydrogens is 392 g/mol. The van der Waals surface area contributed by atoms with Crippen LogP contribution in [-0.4, -0.2) is 26.4 Å². The predicted octanol–water partition coefficient (Wildman–Crippen LogP) is 5.28. The topological polar surface area (TPSA) is 59.8 Å². The van der Waals surface area contributed by atoms with Crippen molar-refractivity contribution in [3.8, 4) is 16.8 Å². The number of nitrogens with one attached hydrogen (secondary N) is 1. The fourth-order valence-corrected chi connectivity index (χ4v) is 3.99. The zero-order valence-electron chi connectivity index (χ0n) is 16.9. The summed E-state index contributed by atoms with van der Waals surface area (Å²) in [5, 5.41) is 11.8. The third-order valence-electron chi connectivity index (χ3n) is 4.74. The number of nitrogens with zero attached hydrogens (tertiary/aromatic N) is 3. The van der Waals surface area contributed by atoms with Gasteiger partial charge < -0.3 is 5.32 Å². The Morgan fingerprint density at radius 3 is 2.43 bits per heavy atom. The summed E-state index contributed by atoms with van der Waals surface area (Å²) in [7, 11) is 0. The minimum atomic E-state index is -0.0809. The van der Waals surface area contributed by atoms with E-state index in [1.54, 1.807) is 6.33 Å². The number of aryl methyl sites for hydroxylation is 2. The third kappa shape index (κ3) is 4.60. The van der Waals surface area contributed by atoms with Crippen LogP contribution < -0.4 is 5.32 Å². The van der Waals surface area contributed by atoms with Crippen molar-refractivity contribution in [1.29, 1.82) is 0 Å². The number of amides is 1. The van der Waals surface area contributed by atoms with Crippen LogP contribution in [0.2, 0.25) is 0 Å². The van der Waals surface area contributed by atoms with E-state index in [0.29, 0.717) is 5.16 Å². The molecule has 0 atom stereocenters. The summed E-state index contributed by atoms with van der Waals surface area (Å²) in [5.41, 5.74) is 6.40. The Morgan fingerprint density at radius 2 is 1.70 bits per heavy atom. The van der Waals surface area contributed by atoms with E-state index in [1.165, 1.54) is 17.3 Å². The second-order valence-electron chi connectivity index (χ2n) is 7.05. The molecule has 0 aliphatic carbocycles. The lowest BCUT2D eigenvalue weighted by Crippen LogP contribution is -2.14. The zero-order chi connectivity index (χ0) is 20.9. The molecule has 0 radical (unpaired) electrons. The molecule has 4 rings (SSSR count). The Kier molecular flexibility index (Phi) is 5.95. The van der Waals surface area contributed by atoms with Gasteiger partial charge in [0.2, 0.25) is 5.91 Å². The number of hydrogen-bond acceptors (Lipinski definition) is 4. The van der Waals surface area contributed by atoms with Crippen LogP contribution in [0.15, 0.2) is 84.3 Å². The number of hydrogen-bond donors (Lipinski definition) is 1. The van der Waals surface area contributed by atoms with Gasteiger partial charge in [-0.3, -0.25) is 9.36 Å². The van der Waals surface area contributed by atoms with Crippen LogP contribution in [0.4, 0.5) is 5.69 Å². The quantitative estimate of drug-likeness (QED) is 0.436. The molecule has 4 aromatic rings. The van der Waals surface area contributed by atoms with Gasteiger partial charge in [-0.1, -0.05) is 71.9 Å². The summed E-state index contributed by atoms with van der Waals surface area (Å²) < 4.78 is 1.92. The molecule has 0 bridgehead atoms. The van der Waals surface area contributed by atoms with Gasteiger partial charge in [0.15, 0.2) is 5.16 Å². The highest BCUT2D eigenvalue weighted by molar-refractivity contribution is 7.99. The third-order valence-corrected chi connectivity index (χ3v) is 5.68. The van der Waals surface area contributed by atoms with Crippen molar-refractivity contribution in [1.82, 2.24) is 14.8 Å². The molecule has 5 nitrogen and oxygen atoms in total. The van der Waals surface area contributed by atoms with Gasteiger partial charge in [-0.05, 0) is 48.7 Å². The minimum Gasteiger partial charge on any atom is -0.325 e. The van der Waals surface area contributed by atoms with Crippen molar-refractivity contribution in [3.63, 3.8) is 0 Å². The highest BCUT2D eigenvalue weighted by atomic mass is 32.2. The summed E-state index contributed by atoms with van der Waals surface area (Å²) in [6.45, 7) is 4.12. The van der Waals surface area contributed by atoms with Crippen molar-refractivity contribution in [2.24, 2.45) is 0 Å². The smallest absolute Gasteiger partial charge is 0.234 e. The van der Waals surface area contributed by atoms with Gasteiger partial charge in [-0.25, -0.2) is 0 Å². The fourth-order valence-electron chi connectivity index (χ4n) is 3.27. The molecule has 0 fully saturated rings. The monoisotopic (exact) mass is 414 g/mol. The maximum Gasteiger partial charge on any atom is 0.234 e. The number of rotatable bonds is 6. The first-order chi connectivity index (χ1) is 14.6. The second kappa shape index (κ2) is 8.97. The molecule has 1 N–H and O–H groups in total. The number of benzene rings is 3. The minimum absolute atomic E-state index is 0.0809. The lowest BCUT2D eigenvalue weighted by molar-refractivity contribution is -0.113. The molecule has 0 saturated heterocycles. The molecule has 1 amide bonds. The van der Waals surface area contributed by atoms with Crippen LogP contribution in [0, 0.1) is 13.8 Å². The van der Waals surface area contributed by atoms with Crippen LogP contribution in [0.5, 0.6) is 0 Å². The molecule has 1 heterocycles. The van der Waals surface area contributed by atoms with E-state index < -0.39 is 0 Å². The van der Waals surface area contributed by atoms with Crippen molar-refractivity contribution in [2.75, 3.05) is 11.1 Å². The number of anilines is 1. The second-order valence-corrected chi connectivity index (χ2v) is 8.00. The largest absolute Gasteiger partial charge is 0.325 e. The van der Waals surface area contributed by atoms with Crippen LogP contribution >= 0.6 is 11.8 Å². The highest BCUT2D eigenvalue weighted by Gasteiger charge is 2.12. The molecule has 30 heavy (non-hydrogen) atoms. The Balaban J connectivity index is 1.38. The molecule has 1 aromatic heterocycles. The Morgan fingerprint density at radius 1 is 0.967 bits per heavy atom. The first-order valence-electron chi connectivity index (χ1n) is 9.66. The molecule has 0 aliphatic heterocycles. The Bertz CT molecular complexity index is 1150. The molecular formula is C24H22N4OS. The number of thioether (sulfide) groups is 1. The average molecular weight is 415 g/mol. The highest BCUT2D eigenvalue weighted by Crippen LogP contribution is 2.24. The van der Waals surface area contributed by atoms with Gasteiger partial charge in [0, 0.05) is 5.69 Å². The molecule has 6 heteroatoms. The SMILES string of the molecule is Cc1ccc(-n2cnnc2SCC(=O)Nc2ccc(-c3ccccc3)cc2)c(C)c1. The zero-order valence-corrected chi connectivity index (χ0v) is 17.7. The molecule has 0 spiro atoms. The lowest BCUT2D eigenvalue weighted by atomic mass is 10.1. The summed E-state index contributed by atoms with van der Waals surface area (Å²) in [6.07, 6.45) is 1.68. The van der Waals surface area contributed by atoms with E-state index in [9.17, 15) is 4.79 Å². The van der Waals surface area contributed by atoms with E-state index in [0.717, 1.165) is 28.1 Å². The van der Waals surface area contributed by atoms with E-state index in [1.807, 2.05) is 53.1 Å². The average Bonchev–Trinajstić information content (AvgIpc) is 3.22. The van der Waals surface area contributed by atoms with Gasteiger partial charge in [0.1, 0.15) is 6.33 Å². The number of carbonyl (C=O) groups is 1. The Hall–Kier alpha value is -3.38. The van der Waals surface area contributed by atoms with Gasteiger partial charge >= 0.3 is 0 Å². The van der Waals surface area contributed by atoms with Crippen LogP contribution in [0.1, 0.15) is 11.1 Å². The molecule has 3 aromatic carbocycles. The summed E-state index contributed by atoms with van der Waals surface area (Å²) >= 11 is 1.37. The molecule has 0 unspecified atom stereocenters. The molecule has 0 aliphatic rings. The van der Waals surface area contributed by atoms with Crippen LogP contribution in [0.3, 0.4) is 0 Å². The van der Waals surface area contributed by atoms with Crippen molar-refractivity contribution >= 4 is 23.4 Å². The van der Waals surface area contributed by atoms with E-state index >= 15 is 0 Å². The summed E-state index contributed by atoms with van der Waals surface area (Å²) in [5.74, 6) is 0.173. The van der Waals surface area contributed by atoms with Crippen molar-refractivity contribution in [3.05, 3.63) is 90.3 Å². The van der Waals surface area contributed by atoms with Gasteiger partial charge in [0.05, 0.1) is 11.4 Å². The normalized spacial score (nSPS) is 10.7. The maximum atomic E-state index is 12.4. The van der Waals surface area contributed by atoms with Gasteiger partial charge in [0.25, 0.3) is 0 Å². The van der Waals surface area contributed by atoms with E-state index in [2.05, 4.69) is 53.6 Å². The first kappa shape index (κ1) is 19.9. The van der Waals surface area contributed by atoms with Crippen molar-refractivity contribution < 1.29 is 4.79 Å². The van der Waals surface area contributed by atoms with Gasteiger partial charge in [-0.15, -0.1) is 10.2 Å². The summed E-state index contributed by atoms with van der Waals surface area (Å²) in [4.78, 5) is 12.4. The van der Waals surface area contributed by atoms with Crippen LogP contribution in [0.25, 0.3) is 16.8 Å². The van der Waals surface area contributed by atoms with E-state index in [-0.39, 0.29) is 11.7 Å². The van der Waals surface area contributed by atoms with Crippen LogP contribution in [-0.2, 0) is 4.79 Å². The molecule has 150 valence electrons. The predicted molar refractivity (Wildman–Crippen MR) is 122 cm³/mol. The van der Waals surface area contributed by atoms with Crippen molar-refractivity contribution in [2.45, 2.75) is 19.0 Å². The Labute approximate surface area is 180 Å². The number of aromatic nitrogens is 3. The standard InChI is InChI=1S/C24H22N4OS/c1-17-8-13-22(18(2)14-17)28-16-25-27-24(28)30-15-23(29)26-21-11-9-20(10-12-21)19-6-4-3-5-7-19/h3-14,16H,15H2,1-2H3,(H,26,29). The number of carbonyl (C=O) groups excluding carboxylic acids is 1. The van der Waals surface area contributed by atoms with Gasteiger partial charge in [-0.2, -0.15) is 0 Å². The first-order valence-corrected chi connectivity index (χ1v) is 10.6. The van der Waals surface area contributed by atoms with E-state index in [4.69, 9.17) is 0 Å². The summed E-state index contributed by atoms with van der Waals surface area (Å²) in [6, 6.07) is 24.2.